The Balaban J connectivity index is 1.91. The van der Waals surface area contributed by atoms with Gasteiger partial charge in [0.05, 0.1) is 12.0 Å². The van der Waals surface area contributed by atoms with Crippen LogP contribution in [0.3, 0.4) is 0 Å². The normalized spacial score (nSPS) is 11.0. The number of primary amides is 1. The molecule has 0 unspecified atom stereocenters. The van der Waals surface area contributed by atoms with Gasteiger partial charge in [-0.1, -0.05) is 6.07 Å². The Morgan fingerprint density at radius 3 is 2.55 bits per heavy atom. The average Bonchev–Trinajstić information content (AvgIpc) is 3.31. The van der Waals surface area contributed by atoms with Gasteiger partial charge in [0.25, 0.3) is 5.91 Å². The SMILES string of the molecule is Cc1ccc(O)c(C)c1-n1nc(-c2cc(-c3ccncc3)co2)c(C(N)=O)c1N. The van der Waals surface area contributed by atoms with Crippen LogP contribution in [0.25, 0.3) is 28.3 Å². The minimum Gasteiger partial charge on any atom is -0.508 e. The molecule has 0 atom stereocenters. The molecule has 8 heteroatoms. The lowest BCUT2D eigenvalue weighted by Crippen LogP contribution is -2.14. The molecular weight excluding hydrogens is 370 g/mol. The highest BCUT2D eigenvalue weighted by Crippen LogP contribution is 2.35. The van der Waals surface area contributed by atoms with Crippen LogP contribution in [0.15, 0.2) is 53.4 Å². The summed E-state index contributed by atoms with van der Waals surface area (Å²) in [6.07, 6.45) is 4.92. The summed E-state index contributed by atoms with van der Waals surface area (Å²) in [6.45, 7) is 3.61. The van der Waals surface area contributed by atoms with E-state index < -0.39 is 5.91 Å². The predicted octanol–water partition coefficient (Wildman–Crippen LogP) is 3.20. The van der Waals surface area contributed by atoms with E-state index in [-0.39, 0.29) is 22.8 Å². The highest BCUT2D eigenvalue weighted by atomic mass is 16.3. The van der Waals surface area contributed by atoms with Crippen molar-refractivity contribution in [1.82, 2.24) is 14.8 Å². The highest BCUT2D eigenvalue weighted by molar-refractivity contribution is 6.03. The van der Waals surface area contributed by atoms with E-state index in [1.54, 1.807) is 43.8 Å². The van der Waals surface area contributed by atoms with Crippen molar-refractivity contribution in [2.45, 2.75) is 13.8 Å². The maximum absolute atomic E-state index is 12.2. The fourth-order valence-electron chi connectivity index (χ4n) is 3.32. The second-order valence-electron chi connectivity index (χ2n) is 6.70. The zero-order chi connectivity index (χ0) is 20.7. The Morgan fingerprint density at radius 1 is 1.14 bits per heavy atom. The number of rotatable bonds is 4. The largest absolute Gasteiger partial charge is 0.508 e. The molecule has 0 bridgehead atoms. The van der Waals surface area contributed by atoms with Crippen molar-refractivity contribution >= 4 is 11.7 Å². The number of furan rings is 1. The summed E-state index contributed by atoms with van der Waals surface area (Å²) in [5.41, 5.74) is 15.8. The Bertz CT molecular complexity index is 1220. The Hall–Kier alpha value is -4.07. The van der Waals surface area contributed by atoms with Crippen molar-refractivity contribution in [2.24, 2.45) is 5.73 Å². The number of pyridine rings is 1. The second kappa shape index (κ2) is 6.83. The number of aromatic nitrogens is 3. The fourth-order valence-corrected chi connectivity index (χ4v) is 3.32. The van der Waals surface area contributed by atoms with Gasteiger partial charge < -0.3 is 21.0 Å². The number of hydrogen-bond donors (Lipinski definition) is 3. The van der Waals surface area contributed by atoms with Crippen molar-refractivity contribution in [1.29, 1.82) is 0 Å². The Morgan fingerprint density at radius 2 is 1.86 bits per heavy atom. The number of nitrogens with zero attached hydrogens (tertiary/aromatic N) is 3. The summed E-state index contributed by atoms with van der Waals surface area (Å²) < 4.78 is 7.09. The topological polar surface area (TPSA) is 133 Å². The van der Waals surface area contributed by atoms with E-state index in [0.717, 1.165) is 16.7 Å². The molecular formula is C21H19N5O3. The minimum atomic E-state index is -0.721. The van der Waals surface area contributed by atoms with Crippen LogP contribution >= 0.6 is 0 Å². The standard InChI is InChI=1S/C21H19N5O3/c1-11-3-4-15(27)12(2)19(11)26-20(22)17(21(23)28)18(25-26)16-9-14(10-29-16)13-5-7-24-8-6-13/h3-10,27H,22H2,1-2H3,(H2,23,28). The van der Waals surface area contributed by atoms with E-state index in [2.05, 4.69) is 10.1 Å². The number of nitrogen functional groups attached to an aromatic ring is 1. The molecule has 0 aliphatic heterocycles. The van der Waals surface area contributed by atoms with Gasteiger partial charge in [0.15, 0.2) is 5.76 Å². The quantitative estimate of drug-likeness (QED) is 0.491. The van der Waals surface area contributed by atoms with Crippen LogP contribution in [0.5, 0.6) is 5.75 Å². The summed E-state index contributed by atoms with van der Waals surface area (Å²) >= 11 is 0. The lowest BCUT2D eigenvalue weighted by atomic mass is 10.1. The zero-order valence-corrected chi connectivity index (χ0v) is 15.9. The molecule has 0 spiro atoms. The number of carbonyl (C=O) groups is 1. The molecule has 5 N–H and O–H groups in total. The molecule has 4 rings (SSSR count). The first-order valence-electron chi connectivity index (χ1n) is 8.85. The molecule has 3 aromatic heterocycles. The van der Waals surface area contributed by atoms with E-state index >= 15 is 0 Å². The van der Waals surface area contributed by atoms with Gasteiger partial charge >= 0.3 is 0 Å². The van der Waals surface area contributed by atoms with Crippen molar-refractivity contribution in [2.75, 3.05) is 5.73 Å². The molecule has 29 heavy (non-hydrogen) atoms. The fraction of sp³-hybridized carbons (Fsp3) is 0.0952. The monoisotopic (exact) mass is 389 g/mol. The molecule has 0 saturated carbocycles. The van der Waals surface area contributed by atoms with Crippen molar-refractivity contribution in [3.63, 3.8) is 0 Å². The number of phenols is 1. The van der Waals surface area contributed by atoms with Crippen LogP contribution in [-0.2, 0) is 0 Å². The van der Waals surface area contributed by atoms with Gasteiger partial charge in [-0.05, 0) is 49.2 Å². The van der Waals surface area contributed by atoms with E-state index in [1.165, 1.54) is 4.68 Å². The summed E-state index contributed by atoms with van der Waals surface area (Å²) in [5, 5.41) is 14.6. The smallest absolute Gasteiger partial charge is 0.254 e. The molecule has 4 aromatic rings. The molecule has 0 saturated heterocycles. The second-order valence-corrected chi connectivity index (χ2v) is 6.70. The molecule has 0 radical (unpaired) electrons. The maximum Gasteiger partial charge on any atom is 0.254 e. The Labute approximate surface area is 166 Å². The lowest BCUT2D eigenvalue weighted by molar-refractivity contribution is 0.100. The maximum atomic E-state index is 12.2. The van der Waals surface area contributed by atoms with Gasteiger partial charge in [-0.15, -0.1) is 0 Å². The van der Waals surface area contributed by atoms with Crippen molar-refractivity contribution in [3.05, 3.63) is 65.7 Å². The number of nitrogens with two attached hydrogens (primary N) is 2. The predicted molar refractivity (Wildman–Crippen MR) is 109 cm³/mol. The summed E-state index contributed by atoms with van der Waals surface area (Å²) in [6, 6.07) is 8.79. The van der Waals surface area contributed by atoms with Gasteiger partial charge in [0, 0.05) is 23.5 Å². The van der Waals surface area contributed by atoms with E-state index in [0.29, 0.717) is 17.0 Å². The third-order valence-electron chi connectivity index (χ3n) is 4.83. The number of aromatic hydroxyl groups is 1. The third kappa shape index (κ3) is 3.00. The zero-order valence-electron chi connectivity index (χ0n) is 15.9. The number of phenolic OH excluding ortho intramolecular Hbond substituents is 1. The molecule has 8 nitrogen and oxygen atoms in total. The van der Waals surface area contributed by atoms with Crippen LogP contribution < -0.4 is 11.5 Å². The number of aryl methyl sites for hydroxylation is 1. The van der Waals surface area contributed by atoms with E-state index in [1.807, 2.05) is 19.1 Å². The van der Waals surface area contributed by atoms with Gasteiger partial charge in [-0.3, -0.25) is 9.78 Å². The molecule has 0 aliphatic carbocycles. The van der Waals surface area contributed by atoms with Crippen LogP contribution in [0, 0.1) is 13.8 Å². The molecule has 3 heterocycles. The molecule has 1 amide bonds. The van der Waals surface area contributed by atoms with Gasteiger partial charge in [-0.2, -0.15) is 5.10 Å². The van der Waals surface area contributed by atoms with Crippen molar-refractivity contribution < 1.29 is 14.3 Å². The number of carbonyl (C=O) groups excluding carboxylic acids is 1. The Kier molecular flexibility index (Phi) is 4.31. The molecule has 146 valence electrons. The average molecular weight is 389 g/mol. The van der Waals surface area contributed by atoms with Crippen molar-refractivity contribution in [3.8, 4) is 34.0 Å². The summed E-state index contributed by atoms with van der Waals surface area (Å²) in [7, 11) is 0. The number of amides is 1. The first kappa shape index (κ1) is 18.3. The van der Waals surface area contributed by atoms with Crippen LogP contribution in [0.2, 0.25) is 0 Å². The first-order valence-corrected chi connectivity index (χ1v) is 8.85. The van der Waals surface area contributed by atoms with Crippen LogP contribution in [-0.4, -0.2) is 25.8 Å². The first-order chi connectivity index (χ1) is 13.9. The number of anilines is 1. The summed E-state index contributed by atoms with van der Waals surface area (Å²) in [4.78, 5) is 16.2. The highest BCUT2D eigenvalue weighted by Gasteiger charge is 2.26. The molecule has 0 fully saturated rings. The van der Waals surface area contributed by atoms with Gasteiger partial charge in [-0.25, -0.2) is 4.68 Å². The summed E-state index contributed by atoms with van der Waals surface area (Å²) in [5.74, 6) is -0.195. The number of benzene rings is 1. The van der Waals surface area contributed by atoms with Crippen LogP contribution in [0.1, 0.15) is 21.5 Å². The third-order valence-corrected chi connectivity index (χ3v) is 4.83. The number of hydrogen-bond acceptors (Lipinski definition) is 6. The van der Waals surface area contributed by atoms with Crippen LogP contribution in [0.4, 0.5) is 5.82 Å². The molecule has 0 aliphatic rings. The van der Waals surface area contributed by atoms with Gasteiger partial charge in [0.2, 0.25) is 0 Å². The van der Waals surface area contributed by atoms with Gasteiger partial charge in [0.1, 0.15) is 22.8 Å². The lowest BCUT2D eigenvalue weighted by Gasteiger charge is -2.12. The van der Waals surface area contributed by atoms with E-state index in [4.69, 9.17) is 15.9 Å². The van der Waals surface area contributed by atoms with E-state index in [9.17, 15) is 9.90 Å². The minimum absolute atomic E-state index is 0.0581. The molecule has 1 aromatic carbocycles.